The number of amides is 3. The van der Waals surface area contributed by atoms with Crippen molar-refractivity contribution in [3.8, 4) is 0 Å². The van der Waals surface area contributed by atoms with Gasteiger partial charge in [0.2, 0.25) is 5.91 Å². The highest BCUT2D eigenvalue weighted by Gasteiger charge is 2.35. The summed E-state index contributed by atoms with van der Waals surface area (Å²) in [7, 11) is 0. The number of urea groups is 1. The zero-order chi connectivity index (χ0) is 17.2. The van der Waals surface area contributed by atoms with Gasteiger partial charge in [0.05, 0.1) is 5.92 Å². The summed E-state index contributed by atoms with van der Waals surface area (Å²) in [5.41, 5.74) is 0. The second-order valence-electron chi connectivity index (χ2n) is 8.54. The molecule has 140 valence electrons. The Labute approximate surface area is 150 Å². The standard InChI is InChI=1S/C19H32N4O2/c24-18(20-10-14-3-4-14)16-2-1-8-23(13-16)19(25)21-11-15-7-9-22(12-15)17-5-6-17/h14-17H,1-13H2,(H,20,24)(H,21,25)/t15-,16-/m1/s1. The molecule has 0 unspecified atom stereocenters. The molecule has 4 aliphatic rings. The van der Waals surface area contributed by atoms with Crippen LogP contribution in [0.2, 0.25) is 0 Å². The highest BCUT2D eigenvalue weighted by molar-refractivity contribution is 5.80. The van der Waals surface area contributed by atoms with Crippen LogP contribution in [-0.2, 0) is 4.79 Å². The van der Waals surface area contributed by atoms with E-state index in [-0.39, 0.29) is 17.9 Å². The summed E-state index contributed by atoms with van der Waals surface area (Å²) in [4.78, 5) is 29.2. The maximum atomic E-state index is 12.5. The highest BCUT2D eigenvalue weighted by atomic mass is 16.2. The van der Waals surface area contributed by atoms with Gasteiger partial charge in [-0.2, -0.15) is 0 Å². The van der Waals surface area contributed by atoms with E-state index >= 15 is 0 Å². The third-order valence-electron chi connectivity index (χ3n) is 6.26. The monoisotopic (exact) mass is 348 g/mol. The Balaban J connectivity index is 1.18. The molecule has 3 amide bonds. The van der Waals surface area contributed by atoms with Crippen molar-refractivity contribution >= 4 is 11.9 Å². The number of rotatable bonds is 6. The summed E-state index contributed by atoms with van der Waals surface area (Å²) >= 11 is 0. The summed E-state index contributed by atoms with van der Waals surface area (Å²) < 4.78 is 0. The number of nitrogens with one attached hydrogen (secondary N) is 2. The minimum Gasteiger partial charge on any atom is -0.356 e. The van der Waals surface area contributed by atoms with Crippen molar-refractivity contribution in [1.82, 2.24) is 20.4 Å². The van der Waals surface area contributed by atoms with E-state index in [0.717, 1.165) is 45.1 Å². The molecule has 2 saturated carbocycles. The van der Waals surface area contributed by atoms with Gasteiger partial charge in [-0.15, -0.1) is 0 Å². The summed E-state index contributed by atoms with van der Waals surface area (Å²) in [5.74, 6) is 1.40. The molecule has 2 aliphatic carbocycles. The molecule has 0 radical (unpaired) electrons. The van der Waals surface area contributed by atoms with E-state index in [4.69, 9.17) is 0 Å². The van der Waals surface area contributed by atoms with Crippen LogP contribution in [0.1, 0.15) is 44.9 Å². The lowest BCUT2D eigenvalue weighted by molar-refractivity contribution is -0.126. The molecule has 2 saturated heterocycles. The molecule has 0 aromatic rings. The average molecular weight is 348 g/mol. The van der Waals surface area contributed by atoms with Crippen LogP contribution in [0.15, 0.2) is 0 Å². The molecule has 2 atom stereocenters. The largest absolute Gasteiger partial charge is 0.356 e. The van der Waals surface area contributed by atoms with Crippen molar-refractivity contribution in [3.63, 3.8) is 0 Å². The van der Waals surface area contributed by atoms with Crippen LogP contribution < -0.4 is 10.6 Å². The molecular formula is C19H32N4O2. The number of nitrogens with zero attached hydrogens (tertiary/aromatic N) is 2. The van der Waals surface area contributed by atoms with Crippen LogP contribution >= 0.6 is 0 Å². The Morgan fingerprint density at radius 2 is 1.64 bits per heavy atom. The van der Waals surface area contributed by atoms with Gasteiger partial charge in [-0.1, -0.05) is 0 Å². The lowest BCUT2D eigenvalue weighted by atomic mass is 9.97. The number of carbonyl (C=O) groups excluding carboxylic acids is 2. The third-order valence-corrected chi connectivity index (χ3v) is 6.26. The lowest BCUT2D eigenvalue weighted by Gasteiger charge is -2.32. The molecule has 2 aliphatic heterocycles. The normalized spacial score (nSPS) is 30.3. The first kappa shape index (κ1) is 17.1. The van der Waals surface area contributed by atoms with Gasteiger partial charge in [-0.05, 0) is 63.3 Å². The summed E-state index contributed by atoms with van der Waals surface area (Å²) in [6.45, 7) is 5.27. The number of hydrogen-bond acceptors (Lipinski definition) is 3. The smallest absolute Gasteiger partial charge is 0.317 e. The first-order valence-corrected chi connectivity index (χ1v) is 10.2. The zero-order valence-corrected chi connectivity index (χ0v) is 15.2. The van der Waals surface area contributed by atoms with Gasteiger partial charge in [0, 0.05) is 38.8 Å². The van der Waals surface area contributed by atoms with E-state index in [1.54, 1.807) is 0 Å². The van der Waals surface area contributed by atoms with Crippen molar-refractivity contribution in [2.75, 3.05) is 39.3 Å². The van der Waals surface area contributed by atoms with Crippen LogP contribution in [-0.4, -0.2) is 67.0 Å². The molecule has 0 bridgehead atoms. The minimum atomic E-state index is -0.0323. The molecule has 6 nitrogen and oxygen atoms in total. The van der Waals surface area contributed by atoms with Crippen LogP contribution in [0.4, 0.5) is 4.79 Å². The van der Waals surface area contributed by atoms with Gasteiger partial charge in [0.1, 0.15) is 0 Å². The molecule has 4 rings (SSSR count). The second kappa shape index (κ2) is 7.52. The molecule has 2 N–H and O–H groups in total. The zero-order valence-electron chi connectivity index (χ0n) is 15.2. The Hall–Kier alpha value is -1.30. The second-order valence-corrected chi connectivity index (χ2v) is 8.54. The van der Waals surface area contributed by atoms with E-state index in [1.165, 1.54) is 38.6 Å². The number of hydrogen-bond donors (Lipinski definition) is 2. The fourth-order valence-corrected chi connectivity index (χ4v) is 4.23. The fraction of sp³-hybridized carbons (Fsp3) is 0.895. The third kappa shape index (κ3) is 4.66. The van der Waals surface area contributed by atoms with Gasteiger partial charge < -0.3 is 20.4 Å². The Bertz CT molecular complexity index is 504. The fourth-order valence-electron chi connectivity index (χ4n) is 4.23. The summed E-state index contributed by atoms with van der Waals surface area (Å²) in [5, 5.41) is 6.19. The van der Waals surface area contributed by atoms with Crippen LogP contribution in [0.5, 0.6) is 0 Å². The maximum Gasteiger partial charge on any atom is 0.317 e. The predicted molar refractivity (Wildman–Crippen MR) is 96.1 cm³/mol. The number of likely N-dealkylation sites (tertiary alicyclic amines) is 2. The minimum absolute atomic E-state index is 0.0181. The first-order chi connectivity index (χ1) is 12.2. The predicted octanol–water partition coefficient (Wildman–Crippen LogP) is 1.42. The van der Waals surface area contributed by atoms with E-state index < -0.39 is 0 Å². The van der Waals surface area contributed by atoms with Gasteiger partial charge in [-0.3, -0.25) is 4.79 Å². The van der Waals surface area contributed by atoms with E-state index in [2.05, 4.69) is 15.5 Å². The Kier molecular flexibility index (Phi) is 5.15. The van der Waals surface area contributed by atoms with E-state index in [0.29, 0.717) is 18.4 Å². The topological polar surface area (TPSA) is 64.7 Å². The number of carbonyl (C=O) groups is 2. The molecular weight excluding hydrogens is 316 g/mol. The maximum absolute atomic E-state index is 12.5. The van der Waals surface area contributed by atoms with Crippen molar-refractivity contribution in [2.24, 2.45) is 17.8 Å². The van der Waals surface area contributed by atoms with Gasteiger partial charge in [0.15, 0.2) is 0 Å². The highest BCUT2D eigenvalue weighted by Crippen LogP contribution is 2.31. The first-order valence-electron chi connectivity index (χ1n) is 10.2. The molecule has 4 fully saturated rings. The van der Waals surface area contributed by atoms with Gasteiger partial charge in [-0.25, -0.2) is 4.79 Å². The van der Waals surface area contributed by atoms with Crippen molar-refractivity contribution in [3.05, 3.63) is 0 Å². The molecule has 2 heterocycles. The molecule has 0 aromatic carbocycles. The van der Waals surface area contributed by atoms with Crippen molar-refractivity contribution in [2.45, 2.75) is 51.0 Å². The van der Waals surface area contributed by atoms with Crippen LogP contribution in [0.3, 0.4) is 0 Å². The molecule has 0 spiro atoms. The Morgan fingerprint density at radius 1 is 0.840 bits per heavy atom. The quantitative estimate of drug-likeness (QED) is 0.763. The van der Waals surface area contributed by atoms with Crippen molar-refractivity contribution in [1.29, 1.82) is 0 Å². The molecule has 25 heavy (non-hydrogen) atoms. The van der Waals surface area contributed by atoms with Crippen molar-refractivity contribution < 1.29 is 9.59 Å². The summed E-state index contributed by atoms with van der Waals surface area (Å²) in [6.07, 6.45) is 8.24. The van der Waals surface area contributed by atoms with Gasteiger partial charge >= 0.3 is 6.03 Å². The molecule has 6 heteroatoms. The van der Waals surface area contributed by atoms with Crippen LogP contribution in [0, 0.1) is 17.8 Å². The summed E-state index contributed by atoms with van der Waals surface area (Å²) in [6, 6.07) is 0.849. The van der Waals surface area contributed by atoms with Gasteiger partial charge in [0.25, 0.3) is 0 Å². The van der Waals surface area contributed by atoms with E-state index in [1.807, 2.05) is 4.90 Å². The molecule has 0 aromatic heterocycles. The Morgan fingerprint density at radius 3 is 2.40 bits per heavy atom. The number of piperidine rings is 1. The lowest BCUT2D eigenvalue weighted by Crippen LogP contribution is -2.49. The SMILES string of the molecule is O=C(NCC1CC1)[C@@H]1CCCN(C(=O)NC[C@H]2CCN(C3CC3)C2)C1. The average Bonchev–Trinajstić information content (AvgIpc) is 3.57. The van der Waals surface area contributed by atoms with Crippen LogP contribution in [0.25, 0.3) is 0 Å². The van der Waals surface area contributed by atoms with E-state index in [9.17, 15) is 9.59 Å².